The van der Waals surface area contributed by atoms with E-state index in [9.17, 15) is 4.79 Å². The maximum absolute atomic E-state index is 11.1. The largest absolute Gasteiger partial charge is 0.489 e. The monoisotopic (exact) mass is 455 g/mol. The van der Waals surface area contributed by atoms with Gasteiger partial charge in [0.1, 0.15) is 17.9 Å². The van der Waals surface area contributed by atoms with Crippen LogP contribution in [0.2, 0.25) is 5.02 Å². The van der Waals surface area contributed by atoms with Gasteiger partial charge in [0.2, 0.25) is 0 Å². The van der Waals surface area contributed by atoms with Crippen LogP contribution in [0.3, 0.4) is 0 Å². The number of nitrogens with two attached hydrogens (primary N) is 1. The van der Waals surface area contributed by atoms with Crippen LogP contribution in [-0.2, 0) is 17.8 Å². The van der Waals surface area contributed by atoms with Gasteiger partial charge in [0.25, 0.3) is 0 Å². The number of hydrogen-bond acceptors (Lipinski definition) is 4. The summed E-state index contributed by atoms with van der Waals surface area (Å²) in [5.74, 6) is -0.167. The second-order valence-electron chi connectivity index (χ2n) is 7.68. The van der Waals surface area contributed by atoms with Crippen molar-refractivity contribution >= 4 is 29.3 Å². The molecule has 3 aromatic carbocycles. The van der Waals surface area contributed by atoms with Crippen LogP contribution >= 0.6 is 23.4 Å². The van der Waals surface area contributed by atoms with Crippen molar-refractivity contribution in [3.63, 3.8) is 0 Å². The van der Waals surface area contributed by atoms with E-state index in [1.165, 1.54) is 6.92 Å². The first-order valence-corrected chi connectivity index (χ1v) is 11.3. The molecule has 0 heterocycles. The quantitative estimate of drug-likeness (QED) is 0.381. The lowest BCUT2D eigenvalue weighted by Gasteiger charge is -2.18. The lowest BCUT2D eigenvalue weighted by atomic mass is 9.95. The van der Waals surface area contributed by atoms with E-state index in [4.69, 9.17) is 27.2 Å². The summed E-state index contributed by atoms with van der Waals surface area (Å²) < 4.78 is 5.91. The van der Waals surface area contributed by atoms with Crippen LogP contribution in [0.5, 0.6) is 5.75 Å². The summed E-state index contributed by atoms with van der Waals surface area (Å²) in [6.45, 7) is 2.06. The summed E-state index contributed by atoms with van der Waals surface area (Å²) in [6, 6.07) is 24.0. The Hall–Kier alpha value is -2.47. The van der Waals surface area contributed by atoms with Gasteiger partial charge in [-0.05, 0) is 67.6 Å². The van der Waals surface area contributed by atoms with Crippen molar-refractivity contribution < 1.29 is 14.6 Å². The van der Waals surface area contributed by atoms with Crippen molar-refractivity contribution in [2.75, 3.05) is 0 Å². The van der Waals surface area contributed by atoms with Crippen molar-refractivity contribution in [2.24, 2.45) is 5.73 Å². The highest BCUT2D eigenvalue weighted by Gasteiger charge is 2.26. The average Bonchev–Trinajstić information content (AvgIpc) is 2.75. The summed E-state index contributed by atoms with van der Waals surface area (Å²) in [5.41, 5.74) is 6.70. The van der Waals surface area contributed by atoms with Crippen LogP contribution in [-0.4, -0.2) is 16.6 Å². The summed E-state index contributed by atoms with van der Waals surface area (Å²) >= 11 is 8.09. The molecule has 0 radical (unpaired) electrons. The van der Waals surface area contributed by atoms with Crippen LogP contribution in [0, 0.1) is 0 Å². The molecule has 6 heteroatoms. The van der Waals surface area contributed by atoms with Crippen LogP contribution in [0.25, 0.3) is 0 Å². The van der Waals surface area contributed by atoms with E-state index in [-0.39, 0.29) is 0 Å². The first-order chi connectivity index (χ1) is 14.8. The normalized spacial score (nSPS) is 12.9. The van der Waals surface area contributed by atoms with Crippen LogP contribution in [0.15, 0.2) is 82.6 Å². The number of halogens is 1. The Morgan fingerprint density at radius 2 is 1.81 bits per heavy atom. The number of carboxylic acids is 1. The molecule has 4 nitrogen and oxygen atoms in total. The Bertz CT molecular complexity index is 1020. The second-order valence-corrected chi connectivity index (χ2v) is 9.23. The lowest BCUT2D eigenvalue weighted by Crippen LogP contribution is -2.44. The zero-order chi connectivity index (χ0) is 22.3. The van der Waals surface area contributed by atoms with Gasteiger partial charge in [-0.2, -0.15) is 0 Å². The van der Waals surface area contributed by atoms with E-state index in [1.54, 1.807) is 11.8 Å². The first kappa shape index (κ1) is 23.2. The highest BCUT2D eigenvalue weighted by molar-refractivity contribution is 7.99. The molecular weight excluding hydrogens is 430 g/mol. The highest BCUT2D eigenvalue weighted by atomic mass is 35.5. The summed E-state index contributed by atoms with van der Waals surface area (Å²) in [5, 5.41) is 9.79. The maximum Gasteiger partial charge on any atom is 0.323 e. The smallest absolute Gasteiger partial charge is 0.323 e. The number of carboxylic acid groups (broad SMARTS) is 1. The van der Waals surface area contributed by atoms with Crippen molar-refractivity contribution in [1.82, 2.24) is 0 Å². The third-order valence-corrected chi connectivity index (χ3v) is 6.28. The molecular formula is C25H26ClNO3S. The predicted octanol–water partition coefficient (Wildman–Crippen LogP) is 6.19. The molecule has 0 aliphatic carbocycles. The molecule has 0 saturated heterocycles. The summed E-state index contributed by atoms with van der Waals surface area (Å²) in [7, 11) is 0. The number of aliphatic carboxylic acids is 1. The molecule has 162 valence electrons. The topological polar surface area (TPSA) is 72.5 Å². The van der Waals surface area contributed by atoms with Gasteiger partial charge in [-0.25, -0.2) is 0 Å². The van der Waals surface area contributed by atoms with Gasteiger partial charge in [-0.1, -0.05) is 65.8 Å². The van der Waals surface area contributed by atoms with Crippen LogP contribution in [0.1, 0.15) is 30.9 Å². The van der Waals surface area contributed by atoms with Crippen molar-refractivity contribution in [3.05, 3.63) is 88.9 Å². The number of ether oxygens (including phenoxy) is 1. The molecule has 3 rings (SSSR count). The molecule has 0 bridgehead atoms. The number of carbonyl (C=O) groups is 1. The third kappa shape index (κ3) is 7.03. The van der Waals surface area contributed by atoms with Crippen molar-refractivity contribution in [1.29, 1.82) is 0 Å². The molecule has 0 spiro atoms. The summed E-state index contributed by atoms with van der Waals surface area (Å²) in [6.07, 6.45) is 1.74. The molecule has 31 heavy (non-hydrogen) atoms. The Kier molecular flexibility index (Phi) is 8.02. The van der Waals surface area contributed by atoms with E-state index >= 15 is 0 Å². The Balaban J connectivity index is 1.57. The van der Waals surface area contributed by atoms with E-state index in [0.717, 1.165) is 26.7 Å². The lowest BCUT2D eigenvalue weighted by molar-refractivity contribution is -0.142. The SMILES string of the molecule is CC(N)(CCCc1ccc(Sc2cccc(OCc3ccccc3)c2)cc1Cl)C(=O)O. The number of benzene rings is 3. The molecule has 3 aromatic rings. The highest BCUT2D eigenvalue weighted by Crippen LogP contribution is 2.33. The van der Waals surface area contributed by atoms with Crippen molar-refractivity contribution in [3.8, 4) is 5.75 Å². The zero-order valence-corrected chi connectivity index (χ0v) is 19.0. The third-order valence-electron chi connectivity index (χ3n) is 4.94. The van der Waals surface area contributed by atoms with Gasteiger partial charge >= 0.3 is 5.97 Å². The molecule has 0 amide bonds. The maximum atomic E-state index is 11.1. The molecule has 0 aliphatic heterocycles. The molecule has 1 unspecified atom stereocenters. The minimum absolute atomic E-state index is 0.394. The minimum Gasteiger partial charge on any atom is -0.489 e. The van der Waals surface area contributed by atoms with Crippen LogP contribution < -0.4 is 10.5 Å². The molecule has 0 fully saturated rings. The van der Waals surface area contributed by atoms with E-state index in [2.05, 4.69) is 0 Å². The molecule has 0 saturated carbocycles. The van der Waals surface area contributed by atoms with Gasteiger partial charge < -0.3 is 15.6 Å². The van der Waals surface area contributed by atoms with Gasteiger partial charge in [-0.3, -0.25) is 4.79 Å². The van der Waals surface area contributed by atoms with Crippen molar-refractivity contribution in [2.45, 2.75) is 48.1 Å². The number of aryl methyl sites for hydroxylation is 1. The first-order valence-electron chi connectivity index (χ1n) is 10.1. The zero-order valence-electron chi connectivity index (χ0n) is 17.4. The van der Waals surface area contributed by atoms with E-state index < -0.39 is 11.5 Å². The Morgan fingerprint density at radius 1 is 1.06 bits per heavy atom. The standard InChI is InChI=1S/C25H26ClNO3S/c1-25(27,24(28)29)14-6-9-19-12-13-22(16-23(19)26)31-21-11-5-10-20(15-21)30-17-18-7-3-2-4-8-18/h2-5,7-8,10-13,15-16H,6,9,14,17,27H2,1H3,(H,28,29). The average molecular weight is 456 g/mol. The Labute approximate surface area is 192 Å². The fourth-order valence-corrected chi connectivity index (χ4v) is 4.30. The molecule has 3 N–H and O–H groups in total. The number of rotatable bonds is 10. The summed E-state index contributed by atoms with van der Waals surface area (Å²) in [4.78, 5) is 13.2. The number of hydrogen-bond donors (Lipinski definition) is 2. The fraction of sp³-hybridized carbons (Fsp3) is 0.240. The fourth-order valence-electron chi connectivity index (χ4n) is 3.05. The van der Waals surface area contributed by atoms with E-state index in [0.29, 0.717) is 30.9 Å². The van der Waals surface area contributed by atoms with E-state index in [1.807, 2.05) is 72.8 Å². The van der Waals surface area contributed by atoms with Gasteiger partial charge in [-0.15, -0.1) is 0 Å². The Morgan fingerprint density at radius 3 is 2.52 bits per heavy atom. The second kappa shape index (κ2) is 10.7. The van der Waals surface area contributed by atoms with Gasteiger partial charge in [0.05, 0.1) is 0 Å². The molecule has 0 aromatic heterocycles. The van der Waals surface area contributed by atoms with Gasteiger partial charge in [0.15, 0.2) is 0 Å². The molecule has 1 atom stereocenters. The predicted molar refractivity (Wildman–Crippen MR) is 126 cm³/mol. The van der Waals surface area contributed by atoms with Gasteiger partial charge in [0, 0.05) is 14.8 Å². The molecule has 0 aliphatic rings. The minimum atomic E-state index is -1.21. The van der Waals surface area contributed by atoms with Crippen LogP contribution in [0.4, 0.5) is 0 Å².